The van der Waals surface area contributed by atoms with E-state index < -0.39 is 10.4 Å². The smallest absolute Gasteiger partial charge is 0.476 e. The van der Waals surface area contributed by atoms with Crippen molar-refractivity contribution in [2.45, 2.75) is 0 Å². The van der Waals surface area contributed by atoms with Gasteiger partial charge in [0.05, 0.1) is 18.9 Å². The van der Waals surface area contributed by atoms with Crippen molar-refractivity contribution in [2.75, 3.05) is 42.7 Å². The molecule has 2 rings (SSSR count). The number of nitrogens with zero attached hydrogens (tertiary/aromatic N) is 2. The average molecular weight is 308 g/mol. The highest BCUT2D eigenvalue weighted by atomic mass is 32.3. The molecule has 0 amide bonds. The summed E-state index contributed by atoms with van der Waals surface area (Å²) in [6.07, 6.45) is 0. The van der Waals surface area contributed by atoms with Gasteiger partial charge in [-0.25, -0.2) is 4.28 Å². The molecule has 20 heavy (non-hydrogen) atoms. The molecule has 114 valence electrons. The van der Waals surface area contributed by atoms with Crippen LogP contribution in [0, 0.1) is 0 Å². The second kappa shape index (κ2) is 6.09. The normalized spacial score (nSPS) is 15.6. The monoisotopic (exact) mass is 308 g/mol. The van der Waals surface area contributed by atoms with Gasteiger partial charge in [-0.2, -0.15) is 8.42 Å². The Balaban J connectivity index is 0.00000200. The summed E-state index contributed by atoms with van der Waals surface area (Å²) in [5, 5.41) is 0. The number of rotatable bonds is 3. The van der Waals surface area contributed by atoms with Gasteiger partial charge < -0.3 is 26.6 Å². The predicted octanol–water partition coefficient (Wildman–Crippen LogP) is -1.97. The van der Waals surface area contributed by atoms with Crippen molar-refractivity contribution in [1.82, 2.24) is 0 Å². The van der Waals surface area contributed by atoms with Crippen LogP contribution in [0.5, 0.6) is 0 Å². The van der Waals surface area contributed by atoms with Crippen molar-refractivity contribution in [3.63, 3.8) is 0 Å². The largest absolute Gasteiger partial charge is 0.870 e. The Morgan fingerprint density at radius 3 is 2.20 bits per heavy atom. The molecule has 0 unspecified atom stereocenters. The molecule has 1 fully saturated rings. The van der Waals surface area contributed by atoms with Crippen LogP contribution in [0.25, 0.3) is 0 Å². The highest BCUT2D eigenvalue weighted by molar-refractivity contribution is 7.80. The maximum atomic E-state index is 10.7. The van der Waals surface area contributed by atoms with Crippen LogP contribution in [0.4, 0.5) is 17.3 Å². The number of ether oxygens (including phenoxy) is 1. The van der Waals surface area contributed by atoms with E-state index >= 15 is 0 Å². The molecule has 2 heterocycles. The van der Waals surface area contributed by atoms with E-state index in [0.29, 0.717) is 31.0 Å². The summed E-state index contributed by atoms with van der Waals surface area (Å²) in [4.78, 5) is 1.99. The van der Waals surface area contributed by atoms with E-state index in [0.717, 1.165) is 5.69 Å². The number of morpholine rings is 1. The minimum absolute atomic E-state index is 0. The van der Waals surface area contributed by atoms with Gasteiger partial charge in [-0.3, -0.25) is 4.55 Å². The molecule has 0 saturated carbocycles. The molecule has 1 aliphatic rings. The number of pyridine rings is 1. The molecule has 0 bridgehead atoms. The van der Waals surface area contributed by atoms with E-state index in [4.69, 9.17) is 20.8 Å². The third-order valence-corrected chi connectivity index (χ3v) is 2.94. The van der Waals surface area contributed by atoms with E-state index in [1.165, 1.54) is 12.1 Å². The van der Waals surface area contributed by atoms with E-state index in [-0.39, 0.29) is 17.1 Å². The standard InChI is InChI=1S/C9H14N4O5S.H2O/c10-8-5-7(12-1-3-17-4-2-12)6-9(11)13(8)18-19(14,15)16;/h5-6H,1-4H2,(H4,10,11,14,15,16);1H2. The molecule has 6 N–H and O–H groups in total. The zero-order valence-electron chi connectivity index (χ0n) is 10.5. The van der Waals surface area contributed by atoms with E-state index in [9.17, 15) is 8.42 Å². The molecule has 10 nitrogen and oxygen atoms in total. The maximum absolute atomic E-state index is 10.7. The number of nitrogens with two attached hydrogens (primary N) is 2. The van der Waals surface area contributed by atoms with Gasteiger partial charge in [0.25, 0.3) is 11.6 Å². The lowest BCUT2D eigenvalue weighted by Crippen LogP contribution is -2.50. The first kappa shape index (κ1) is 16.2. The lowest BCUT2D eigenvalue weighted by atomic mass is 10.3. The highest BCUT2D eigenvalue weighted by Crippen LogP contribution is 2.19. The van der Waals surface area contributed by atoms with Gasteiger partial charge in [0.2, 0.25) is 0 Å². The quantitative estimate of drug-likeness (QED) is 0.424. The Bertz CT molecular complexity index is 549. The van der Waals surface area contributed by atoms with Crippen molar-refractivity contribution in [3.8, 4) is 0 Å². The van der Waals surface area contributed by atoms with Crippen LogP contribution in [0.15, 0.2) is 12.1 Å². The summed E-state index contributed by atoms with van der Waals surface area (Å²) >= 11 is 0. The second-order valence-electron chi connectivity index (χ2n) is 3.96. The van der Waals surface area contributed by atoms with Gasteiger partial charge in [0.15, 0.2) is 0 Å². The van der Waals surface area contributed by atoms with Crippen LogP contribution in [0.2, 0.25) is 0 Å². The average Bonchev–Trinajstić information content (AvgIpc) is 2.33. The summed E-state index contributed by atoms with van der Waals surface area (Å²) in [6, 6.07) is 3.01. The SMILES string of the molecule is Nc1cc(N2CCOCC2)cc(N)[n+]1OS(=O)(=O)O.[OH-]. The molecule has 11 heteroatoms. The Morgan fingerprint density at radius 1 is 1.25 bits per heavy atom. The minimum Gasteiger partial charge on any atom is -0.870 e. The zero-order chi connectivity index (χ0) is 14.0. The predicted molar refractivity (Wildman–Crippen MR) is 68.6 cm³/mol. The number of anilines is 3. The summed E-state index contributed by atoms with van der Waals surface area (Å²) in [7, 11) is -4.69. The van der Waals surface area contributed by atoms with Crippen LogP contribution < -0.4 is 25.4 Å². The van der Waals surface area contributed by atoms with E-state index in [1.807, 2.05) is 4.90 Å². The van der Waals surface area contributed by atoms with Crippen LogP contribution in [0.3, 0.4) is 0 Å². The first-order valence-electron chi connectivity index (χ1n) is 5.48. The molecule has 1 aliphatic heterocycles. The van der Waals surface area contributed by atoms with E-state index in [1.54, 1.807) is 0 Å². The summed E-state index contributed by atoms with van der Waals surface area (Å²) < 4.78 is 40.1. The number of aromatic nitrogens is 1. The molecule has 0 atom stereocenters. The molecule has 1 aromatic rings. The Labute approximate surface area is 115 Å². The van der Waals surface area contributed by atoms with E-state index in [2.05, 4.69) is 4.28 Å². The fraction of sp³-hybridized carbons (Fsp3) is 0.444. The lowest BCUT2D eigenvalue weighted by Gasteiger charge is -2.28. The van der Waals surface area contributed by atoms with Crippen LogP contribution >= 0.6 is 0 Å². The number of hydrogen-bond acceptors (Lipinski definition) is 8. The first-order chi connectivity index (χ1) is 8.87. The van der Waals surface area contributed by atoms with Gasteiger partial charge in [-0.05, 0) is 4.73 Å². The van der Waals surface area contributed by atoms with Gasteiger partial charge in [-0.1, -0.05) is 0 Å². The fourth-order valence-electron chi connectivity index (χ4n) is 1.80. The zero-order valence-corrected chi connectivity index (χ0v) is 11.3. The van der Waals surface area contributed by atoms with Crippen molar-refractivity contribution >= 4 is 27.7 Å². The molecule has 0 aromatic carbocycles. The Hall–Kier alpha value is -1.82. The topological polar surface area (TPSA) is 162 Å². The molecular formula is C9H16N4O6S. The summed E-state index contributed by atoms with van der Waals surface area (Å²) in [5.74, 6) is -0.0850. The third kappa shape index (κ3) is 3.84. The molecule has 0 spiro atoms. The first-order valence-corrected chi connectivity index (χ1v) is 6.84. The highest BCUT2D eigenvalue weighted by Gasteiger charge is 2.21. The Morgan fingerprint density at radius 2 is 1.75 bits per heavy atom. The third-order valence-electron chi connectivity index (χ3n) is 2.61. The molecule has 0 aliphatic carbocycles. The van der Waals surface area contributed by atoms with Gasteiger partial charge in [0, 0.05) is 25.2 Å². The lowest BCUT2D eigenvalue weighted by molar-refractivity contribution is -0.833. The van der Waals surface area contributed by atoms with Crippen molar-refractivity contribution < 1.29 is 32.2 Å². The van der Waals surface area contributed by atoms with Gasteiger partial charge in [-0.15, -0.1) is 0 Å². The Kier molecular flexibility index (Phi) is 4.94. The minimum atomic E-state index is -4.69. The van der Waals surface area contributed by atoms with Gasteiger partial charge in [0.1, 0.15) is 0 Å². The molecular weight excluding hydrogens is 292 g/mol. The number of nitrogen functional groups attached to an aromatic ring is 2. The number of hydrogen-bond donors (Lipinski definition) is 3. The van der Waals surface area contributed by atoms with Gasteiger partial charge >= 0.3 is 10.4 Å². The van der Waals surface area contributed by atoms with Crippen molar-refractivity contribution in [3.05, 3.63) is 12.1 Å². The van der Waals surface area contributed by atoms with Crippen LogP contribution in [-0.2, 0) is 15.1 Å². The van der Waals surface area contributed by atoms with Crippen molar-refractivity contribution in [2.24, 2.45) is 0 Å². The van der Waals surface area contributed by atoms with Crippen LogP contribution in [0.1, 0.15) is 0 Å². The summed E-state index contributed by atoms with van der Waals surface area (Å²) in [6.45, 7) is 2.55. The molecule has 0 radical (unpaired) electrons. The molecule has 1 saturated heterocycles. The fourth-order valence-corrected chi connectivity index (χ4v) is 2.16. The summed E-state index contributed by atoms with van der Waals surface area (Å²) in [5.41, 5.74) is 12.1. The van der Waals surface area contributed by atoms with Crippen molar-refractivity contribution in [1.29, 1.82) is 0 Å². The second-order valence-corrected chi connectivity index (χ2v) is 4.96. The molecule has 1 aromatic heterocycles. The van der Waals surface area contributed by atoms with Crippen LogP contribution in [-0.4, -0.2) is 44.8 Å². The maximum Gasteiger partial charge on any atom is 0.476 e.